The van der Waals surface area contributed by atoms with Gasteiger partial charge < -0.3 is 10.6 Å². The molecule has 0 aliphatic heterocycles. The molecule has 8 nitrogen and oxygen atoms in total. The van der Waals surface area contributed by atoms with Crippen LogP contribution in [0.3, 0.4) is 0 Å². The average Bonchev–Trinajstić information content (AvgIpc) is 2.60. The Labute approximate surface area is 149 Å². The van der Waals surface area contributed by atoms with Gasteiger partial charge in [-0.1, -0.05) is 30.3 Å². The van der Waals surface area contributed by atoms with Gasteiger partial charge >= 0.3 is 5.97 Å². The quantitative estimate of drug-likeness (QED) is 0.614. The molecule has 0 unspecified atom stereocenters. The van der Waals surface area contributed by atoms with E-state index < -0.39 is 22.8 Å². The van der Waals surface area contributed by atoms with Crippen LogP contribution in [0.25, 0.3) is 0 Å². The van der Waals surface area contributed by atoms with Crippen LogP contribution in [0.15, 0.2) is 54.6 Å². The number of amides is 1. The lowest BCUT2D eigenvalue weighted by atomic mass is 10.1. The Morgan fingerprint density at radius 1 is 1.12 bits per heavy atom. The number of halogens is 1. The molecule has 25 heavy (non-hydrogen) atoms. The predicted molar refractivity (Wildman–Crippen MR) is 92.0 cm³/mol. The molecule has 0 radical (unpaired) electrons. The second-order valence-electron chi connectivity index (χ2n) is 4.96. The molecule has 0 aliphatic carbocycles. The molecule has 1 atom stereocenters. The van der Waals surface area contributed by atoms with Gasteiger partial charge in [-0.05, 0) is 24.1 Å². The zero-order valence-electron chi connectivity index (χ0n) is 13.0. The number of hydrogen-bond donors (Lipinski definition) is 2. The number of nitrogens with zero attached hydrogens (tertiary/aromatic N) is 1. The van der Waals surface area contributed by atoms with Crippen molar-refractivity contribution in [2.45, 2.75) is 12.5 Å². The van der Waals surface area contributed by atoms with Crippen molar-refractivity contribution in [2.75, 3.05) is 0 Å². The Bertz CT molecular complexity index is 737. The number of rotatable bonds is 5. The minimum Gasteiger partial charge on any atom is -0.335 e. The number of carbonyl (C=O) groups excluding carboxylic acids is 2. The van der Waals surface area contributed by atoms with Crippen LogP contribution in [-0.4, -0.2) is 22.8 Å². The Hall–Kier alpha value is -2.97. The summed E-state index contributed by atoms with van der Waals surface area (Å²) in [6.07, 6.45) is 0.293. The molecule has 0 spiro atoms. The number of non-ortho nitro benzene ring substituents is 1. The van der Waals surface area contributed by atoms with Crippen LogP contribution in [0.2, 0.25) is 0 Å². The summed E-state index contributed by atoms with van der Waals surface area (Å²) in [6, 6.07) is 13.1. The fourth-order valence-corrected chi connectivity index (χ4v) is 1.91. The molecule has 2 aromatic carbocycles. The third kappa shape index (κ3) is 5.87. The van der Waals surface area contributed by atoms with E-state index in [0.29, 0.717) is 6.42 Å². The Kier molecular flexibility index (Phi) is 7.51. The van der Waals surface area contributed by atoms with Crippen LogP contribution in [-0.2, 0) is 16.1 Å². The van der Waals surface area contributed by atoms with Crippen LogP contribution < -0.4 is 11.2 Å². The molecule has 2 aromatic rings. The second-order valence-corrected chi connectivity index (χ2v) is 4.96. The van der Waals surface area contributed by atoms with Crippen LogP contribution in [0.1, 0.15) is 15.9 Å². The summed E-state index contributed by atoms with van der Waals surface area (Å²) < 4.78 is 0. The molecule has 9 heteroatoms. The van der Waals surface area contributed by atoms with E-state index in [1.54, 1.807) is 0 Å². The number of carbonyl (C=O) groups is 2. The molecule has 0 aliphatic rings. The summed E-state index contributed by atoms with van der Waals surface area (Å²) >= 11 is 0. The maximum absolute atomic E-state index is 11.8. The minimum absolute atomic E-state index is 0. The van der Waals surface area contributed by atoms with Gasteiger partial charge in [0.25, 0.3) is 11.6 Å². The van der Waals surface area contributed by atoms with Gasteiger partial charge in [0.15, 0.2) is 0 Å². The number of hydroxylamine groups is 1. The molecule has 0 saturated carbocycles. The zero-order valence-corrected chi connectivity index (χ0v) is 13.8. The normalized spacial score (nSPS) is 10.9. The van der Waals surface area contributed by atoms with Crippen molar-refractivity contribution in [1.82, 2.24) is 5.48 Å². The molecular formula is C16H16ClN3O5. The van der Waals surface area contributed by atoms with E-state index in [0.717, 1.165) is 5.56 Å². The lowest BCUT2D eigenvalue weighted by Crippen LogP contribution is -2.42. The summed E-state index contributed by atoms with van der Waals surface area (Å²) in [5.41, 5.74) is 8.53. The van der Waals surface area contributed by atoms with E-state index in [1.165, 1.54) is 24.3 Å². The van der Waals surface area contributed by atoms with Crippen LogP contribution in [0.5, 0.6) is 0 Å². The van der Waals surface area contributed by atoms with E-state index in [2.05, 4.69) is 4.84 Å². The molecular weight excluding hydrogens is 350 g/mol. The summed E-state index contributed by atoms with van der Waals surface area (Å²) in [5, 5.41) is 10.5. The van der Waals surface area contributed by atoms with Gasteiger partial charge in [0.2, 0.25) is 0 Å². The predicted octanol–water partition coefficient (Wildman–Crippen LogP) is 1.77. The average molecular weight is 366 g/mol. The summed E-state index contributed by atoms with van der Waals surface area (Å²) in [4.78, 5) is 38.2. The monoisotopic (exact) mass is 365 g/mol. The first kappa shape index (κ1) is 20.1. The van der Waals surface area contributed by atoms with Gasteiger partial charge in [-0.15, -0.1) is 12.4 Å². The topological polar surface area (TPSA) is 125 Å². The maximum Gasteiger partial charge on any atom is 0.362 e. The second kappa shape index (κ2) is 9.36. The Morgan fingerprint density at radius 2 is 1.72 bits per heavy atom. The van der Waals surface area contributed by atoms with Crippen molar-refractivity contribution in [2.24, 2.45) is 5.73 Å². The first-order valence-corrected chi connectivity index (χ1v) is 7.02. The van der Waals surface area contributed by atoms with Gasteiger partial charge in [-0.3, -0.25) is 14.9 Å². The highest BCUT2D eigenvalue weighted by molar-refractivity contribution is 5.91. The fourth-order valence-electron chi connectivity index (χ4n) is 1.91. The summed E-state index contributed by atoms with van der Waals surface area (Å²) in [6.45, 7) is 0. The number of benzene rings is 2. The molecule has 0 bridgehead atoms. The fraction of sp³-hybridized carbons (Fsp3) is 0.125. The van der Waals surface area contributed by atoms with Gasteiger partial charge in [-0.25, -0.2) is 4.79 Å². The summed E-state index contributed by atoms with van der Waals surface area (Å²) in [5.74, 6) is -1.49. The van der Waals surface area contributed by atoms with Crippen molar-refractivity contribution in [3.05, 3.63) is 75.8 Å². The van der Waals surface area contributed by atoms with Crippen LogP contribution in [0.4, 0.5) is 5.69 Å². The molecule has 0 aromatic heterocycles. The largest absolute Gasteiger partial charge is 0.362 e. The molecule has 0 fully saturated rings. The smallest absolute Gasteiger partial charge is 0.335 e. The van der Waals surface area contributed by atoms with E-state index in [-0.39, 0.29) is 23.7 Å². The molecule has 132 valence electrons. The lowest BCUT2D eigenvalue weighted by molar-refractivity contribution is -0.384. The number of nitro benzene ring substituents is 1. The number of nitrogens with one attached hydrogen (secondary N) is 1. The van der Waals surface area contributed by atoms with Crippen LogP contribution in [0, 0.1) is 10.1 Å². The van der Waals surface area contributed by atoms with Crippen molar-refractivity contribution in [1.29, 1.82) is 0 Å². The highest BCUT2D eigenvalue weighted by atomic mass is 35.5. The highest BCUT2D eigenvalue weighted by Crippen LogP contribution is 2.12. The van der Waals surface area contributed by atoms with Gasteiger partial charge in [-0.2, -0.15) is 5.48 Å². The van der Waals surface area contributed by atoms with E-state index >= 15 is 0 Å². The van der Waals surface area contributed by atoms with Gasteiger partial charge in [0, 0.05) is 12.1 Å². The third-order valence-electron chi connectivity index (χ3n) is 3.19. The maximum atomic E-state index is 11.8. The summed E-state index contributed by atoms with van der Waals surface area (Å²) in [7, 11) is 0. The number of hydrogen-bond acceptors (Lipinski definition) is 6. The molecule has 3 N–H and O–H groups in total. The Morgan fingerprint density at radius 3 is 2.28 bits per heavy atom. The number of nitro groups is 1. The van der Waals surface area contributed by atoms with Gasteiger partial charge in [0.1, 0.15) is 0 Å². The van der Waals surface area contributed by atoms with E-state index in [1.807, 2.05) is 35.8 Å². The third-order valence-corrected chi connectivity index (χ3v) is 3.19. The first-order chi connectivity index (χ1) is 11.5. The minimum atomic E-state index is -0.878. The Balaban J connectivity index is 0.00000312. The van der Waals surface area contributed by atoms with Crippen LogP contribution >= 0.6 is 12.4 Å². The highest BCUT2D eigenvalue weighted by Gasteiger charge is 2.17. The van der Waals surface area contributed by atoms with Crippen molar-refractivity contribution < 1.29 is 19.3 Å². The van der Waals surface area contributed by atoms with Crippen molar-refractivity contribution in [3.8, 4) is 0 Å². The molecule has 0 saturated heterocycles. The van der Waals surface area contributed by atoms with Crippen molar-refractivity contribution in [3.63, 3.8) is 0 Å². The first-order valence-electron chi connectivity index (χ1n) is 7.02. The number of nitrogens with two attached hydrogens (primary N) is 1. The zero-order chi connectivity index (χ0) is 17.5. The standard InChI is InChI=1S/C16H15N3O5.ClH/c17-14(10-11-4-2-1-3-5-11)15(20)18-24-16(21)12-6-8-13(9-7-12)19(22)23;/h1-9,14H,10,17H2,(H,18,20);1H/t14-;/m0./s1. The van der Waals surface area contributed by atoms with Gasteiger partial charge in [0.05, 0.1) is 16.5 Å². The SMILES string of the molecule is Cl.N[C@@H](Cc1ccccc1)C(=O)NOC(=O)c1ccc([N+](=O)[O-])cc1. The molecule has 1 amide bonds. The van der Waals surface area contributed by atoms with E-state index in [4.69, 9.17) is 5.73 Å². The molecule has 2 rings (SSSR count). The molecule has 0 heterocycles. The van der Waals surface area contributed by atoms with Crippen molar-refractivity contribution >= 4 is 30.0 Å². The lowest BCUT2D eigenvalue weighted by Gasteiger charge is -2.12. The van der Waals surface area contributed by atoms with E-state index in [9.17, 15) is 19.7 Å².